The van der Waals surface area contributed by atoms with Gasteiger partial charge in [-0.1, -0.05) is 0 Å². The highest BCUT2D eigenvalue weighted by Gasteiger charge is 2.44. The summed E-state index contributed by atoms with van der Waals surface area (Å²) in [5.41, 5.74) is 6.44. The zero-order valence-corrected chi connectivity index (χ0v) is 19.5. The van der Waals surface area contributed by atoms with E-state index in [0.717, 1.165) is 0 Å². The van der Waals surface area contributed by atoms with Crippen LogP contribution in [0.15, 0.2) is 12.7 Å². The lowest BCUT2D eigenvalue weighted by Gasteiger charge is -2.16. The molecule has 11 N–H and O–H groups in total. The van der Waals surface area contributed by atoms with Crippen LogP contribution in [-0.4, -0.2) is 96.4 Å². The van der Waals surface area contributed by atoms with Gasteiger partial charge in [-0.05, 0) is 0 Å². The Hall–Kier alpha value is -1.42. The van der Waals surface area contributed by atoms with Gasteiger partial charge in [0, 0.05) is 0 Å². The number of nitrogens with two attached hydrogens (primary N) is 1. The molecule has 1 aliphatic rings. The van der Waals surface area contributed by atoms with Crippen molar-refractivity contribution in [1.82, 2.24) is 19.5 Å². The number of hydrogen-bond acceptors (Lipinski definition) is 14. The SMILES string of the molecule is Nc1ncnc2c1ncn2[C@@H]1O[C@H](CO)[C@@H](O)[C@H]1O.O=P(O)(O)OB(OP(=O)(O)O)OP(=O)(O)O. The number of ether oxygens (including phenoxy) is 1. The Morgan fingerprint density at radius 1 is 0.943 bits per heavy atom. The number of nitrogen functional groups attached to an aromatic ring is 1. The fraction of sp³-hybridized carbons (Fsp3) is 0.500. The quantitative estimate of drug-likeness (QED) is 0.108. The number of nitrogens with zero attached hydrogens (tertiary/aromatic N) is 4. The summed E-state index contributed by atoms with van der Waals surface area (Å²) in [5.74, 6) is 0.218. The number of aromatic nitrogens is 4. The Morgan fingerprint density at radius 3 is 1.89 bits per heavy atom. The Labute approximate surface area is 194 Å². The smallest absolute Gasteiger partial charge is 0.394 e. The molecule has 0 bridgehead atoms. The van der Waals surface area contributed by atoms with E-state index in [-0.39, 0.29) is 5.82 Å². The van der Waals surface area contributed by atoms with E-state index in [0.29, 0.717) is 11.2 Å². The number of phosphoric acid groups is 3. The molecule has 198 valence electrons. The monoisotopic (exact) mass is 569 g/mol. The number of fused-ring (bicyclic) bond motifs is 1. The lowest BCUT2D eigenvalue weighted by Crippen LogP contribution is -2.33. The van der Waals surface area contributed by atoms with Gasteiger partial charge in [-0.3, -0.25) is 17.9 Å². The third-order valence-electron chi connectivity index (χ3n) is 3.85. The minimum Gasteiger partial charge on any atom is -0.394 e. The zero-order chi connectivity index (χ0) is 26.8. The lowest BCUT2D eigenvalue weighted by atomic mass is 10.1. The van der Waals surface area contributed by atoms with E-state index in [2.05, 4.69) is 28.3 Å². The molecule has 0 spiro atoms. The Bertz CT molecular complexity index is 1090. The van der Waals surface area contributed by atoms with E-state index in [1.54, 1.807) is 0 Å². The standard InChI is InChI=1S/C10H13N5O4.BH6O12P3/c11-8-5-9(13-2-12-8)15(3-14-5)10-7(18)6(17)4(1-16)19-10;2-14(3,4)11-1(12-15(5,6)7)13-16(8,9)10/h2-4,6-7,10,16-18H,1H2,(H2,11,12,13);(H2,2,3,4)(H2,5,6,7)(H2,8,9,10)/t4-,6-,7-,10-;/m1./s1. The van der Waals surface area contributed by atoms with Crippen molar-refractivity contribution in [2.45, 2.75) is 24.5 Å². The Balaban J connectivity index is 0.000000252. The van der Waals surface area contributed by atoms with Crippen molar-refractivity contribution in [2.24, 2.45) is 0 Å². The Kier molecular flexibility index (Phi) is 9.64. The largest absolute Gasteiger partial charge is 0.665 e. The van der Waals surface area contributed by atoms with Gasteiger partial charge < -0.3 is 55.2 Å². The molecule has 1 aliphatic heterocycles. The molecule has 2 aromatic heterocycles. The average Bonchev–Trinajstić information content (AvgIpc) is 3.20. The minimum absolute atomic E-state index is 0.218. The fourth-order valence-electron chi connectivity index (χ4n) is 2.56. The minimum atomic E-state index is -5.33. The Morgan fingerprint density at radius 2 is 1.46 bits per heavy atom. The maximum Gasteiger partial charge on any atom is 0.665 e. The predicted octanol–water partition coefficient (Wildman–Crippen LogP) is -3.68. The van der Waals surface area contributed by atoms with E-state index >= 15 is 0 Å². The normalized spacial score (nSPS) is 23.2. The van der Waals surface area contributed by atoms with Gasteiger partial charge in [0.05, 0.1) is 12.9 Å². The summed E-state index contributed by atoms with van der Waals surface area (Å²) < 4.78 is 47.8. The van der Waals surface area contributed by atoms with Crippen molar-refractivity contribution < 1.29 is 76.4 Å². The van der Waals surface area contributed by atoms with Crippen LogP contribution in [0.3, 0.4) is 0 Å². The van der Waals surface area contributed by atoms with Crippen LogP contribution in [0.25, 0.3) is 11.2 Å². The van der Waals surface area contributed by atoms with Gasteiger partial charge in [0.2, 0.25) is 0 Å². The van der Waals surface area contributed by atoms with Gasteiger partial charge in [-0.25, -0.2) is 28.6 Å². The number of imidazole rings is 1. The molecule has 2 aromatic rings. The highest BCUT2D eigenvalue weighted by molar-refractivity contribution is 7.51. The van der Waals surface area contributed by atoms with Crippen LogP contribution in [0, 0.1) is 0 Å². The second kappa shape index (κ2) is 11.3. The van der Waals surface area contributed by atoms with Crippen molar-refractivity contribution in [1.29, 1.82) is 0 Å². The molecule has 0 saturated carbocycles. The fourth-order valence-corrected chi connectivity index (χ4v) is 3.69. The molecule has 0 radical (unpaired) electrons. The first-order valence-electron chi connectivity index (χ1n) is 8.69. The van der Waals surface area contributed by atoms with Crippen LogP contribution in [-0.2, 0) is 31.8 Å². The second-order valence-electron chi connectivity index (χ2n) is 6.39. The van der Waals surface area contributed by atoms with E-state index in [1.807, 2.05) is 0 Å². The maximum atomic E-state index is 10.2. The second-order valence-corrected chi connectivity index (χ2v) is 9.96. The molecule has 0 aromatic carbocycles. The van der Waals surface area contributed by atoms with Crippen molar-refractivity contribution in [3.05, 3.63) is 12.7 Å². The summed E-state index contributed by atoms with van der Waals surface area (Å²) in [6.07, 6.45) is -1.42. The molecule has 4 atom stereocenters. The third kappa shape index (κ3) is 8.88. The topological polar surface area (TPSA) is 340 Å². The van der Waals surface area contributed by atoms with Gasteiger partial charge in [-0.2, -0.15) is 0 Å². The summed E-state index contributed by atoms with van der Waals surface area (Å²) >= 11 is 0. The van der Waals surface area contributed by atoms with E-state index in [1.165, 1.54) is 17.2 Å². The zero-order valence-electron chi connectivity index (χ0n) is 16.8. The number of rotatable bonds is 8. The number of hydrogen-bond donors (Lipinski definition) is 10. The highest BCUT2D eigenvalue weighted by Crippen LogP contribution is 2.47. The van der Waals surface area contributed by atoms with E-state index in [9.17, 15) is 23.9 Å². The summed E-state index contributed by atoms with van der Waals surface area (Å²) in [5, 5.41) is 28.7. The van der Waals surface area contributed by atoms with Gasteiger partial charge in [-0.15, -0.1) is 0 Å². The molecule has 0 amide bonds. The highest BCUT2D eigenvalue weighted by atomic mass is 31.2. The molecule has 3 rings (SSSR count). The van der Waals surface area contributed by atoms with Gasteiger partial charge in [0.15, 0.2) is 17.7 Å². The summed E-state index contributed by atoms with van der Waals surface area (Å²) in [6, 6.07) is 0. The lowest BCUT2D eigenvalue weighted by molar-refractivity contribution is -0.0511. The van der Waals surface area contributed by atoms with Crippen LogP contribution in [0.4, 0.5) is 5.82 Å². The first-order valence-corrected chi connectivity index (χ1v) is 13.3. The summed E-state index contributed by atoms with van der Waals surface area (Å²) in [6.45, 7) is -0.390. The molecule has 3 heterocycles. The van der Waals surface area contributed by atoms with Crippen molar-refractivity contribution in [3.8, 4) is 0 Å². The maximum absolute atomic E-state index is 10.2. The van der Waals surface area contributed by atoms with Crippen molar-refractivity contribution in [2.75, 3.05) is 12.3 Å². The number of anilines is 1. The number of aliphatic hydroxyl groups excluding tert-OH is 3. The third-order valence-corrected chi connectivity index (χ3v) is 5.19. The summed E-state index contributed by atoms with van der Waals surface area (Å²) in [4.78, 5) is 61.1. The van der Waals surface area contributed by atoms with Crippen molar-refractivity contribution >= 4 is 47.8 Å². The van der Waals surface area contributed by atoms with Gasteiger partial charge in [0.25, 0.3) is 0 Å². The molecular formula is C10H19BN5O16P3. The van der Waals surface area contributed by atoms with Crippen LogP contribution in [0.1, 0.15) is 6.23 Å². The van der Waals surface area contributed by atoms with Gasteiger partial charge >= 0.3 is 30.8 Å². The van der Waals surface area contributed by atoms with E-state index < -0.39 is 61.9 Å². The molecule has 21 nitrogen and oxygen atoms in total. The molecule has 35 heavy (non-hydrogen) atoms. The molecule has 25 heteroatoms. The predicted molar refractivity (Wildman–Crippen MR) is 108 cm³/mol. The molecule has 1 fully saturated rings. The van der Waals surface area contributed by atoms with Crippen LogP contribution in [0.2, 0.25) is 0 Å². The average molecular weight is 569 g/mol. The van der Waals surface area contributed by atoms with Gasteiger partial charge in [0.1, 0.15) is 30.2 Å². The van der Waals surface area contributed by atoms with Crippen LogP contribution >= 0.6 is 23.5 Å². The van der Waals surface area contributed by atoms with Crippen molar-refractivity contribution in [3.63, 3.8) is 0 Å². The molecule has 0 unspecified atom stereocenters. The molecular weight excluding hydrogens is 550 g/mol. The summed E-state index contributed by atoms with van der Waals surface area (Å²) in [7, 11) is -18.9. The first kappa shape index (κ1) is 29.8. The van der Waals surface area contributed by atoms with Crippen LogP contribution < -0.4 is 5.73 Å². The van der Waals surface area contributed by atoms with E-state index in [4.69, 9.17) is 44.9 Å². The molecule has 1 saturated heterocycles. The van der Waals surface area contributed by atoms with Crippen LogP contribution in [0.5, 0.6) is 0 Å². The first-order chi connectivity index (χ1) is 15.9. The number of aliphatic hydroxyl groups is 3. The molecule has 0 aliphatic carbocycles.